The number of allylic oxidation sites excluding steroid dienone is 1. The molecule has 0 amide bonds. The average Bonchev–Trinajstić information content (AvgIpc) is 3.29. The van der Waals surface area contributed by atoms with E-state index < -0.39 is 0 Å². The van der Waals surface area contributed by atoms with E-state index in [0.29, 0.717) is 48.0 Å². The van der Waals surface area contributed by atoms with Crippen LogP contribution >= 0.6 is 0 Å². The SMILES string of the molecule is COc1ccc(-c2nnc(CC3CC(C(C)C)C(CN4CCC(CO)CC4)C=C3C)o2)cc1. The average molecular weight is 454 g/mol. The quantitative estimate of drug-likeness (QED) is 0.576. The third-order valence-electron chi connectivity index (χ3n) is 7.74. The molecule has 0 radical (unpaired) electrons. The van der Waals surface area contributed by atoms with E-state index in [1.165, 1.54) is 5.57 Å². The highest BCUT2D eigenvalue weighted by Crippen LogP contribution is 2.39. The van der Waals surface area contributed by atoms with Crippen molar-refractivity contribution in [2.75, 3.05) is 33.4 Å². The van der Waals surface area contributed by atoms with Gasteiger partial charge in [0.25, 0.3) is 0 Å². The second-order valence-electron chi connectivity index (χ2n) is 10.3. The highest BCUT2D eigenvalue weighted by Gasteiger charge is 2.34. The van der Waals surface area contributed by atoms with Gasteiger partial charge in [-0.05, 0) is 93.1 Å². The Morgan fingerprint density at radius 1 is 1.15 bits per heavy atom. The number of likely N-dealkylation sites (tertiary alicyclic amines) is 1. The molecule has 1 aliphatic heterocycles. The van der Waals surface area contributed by atoms with Crippen molar-refractivity contribution in [3.63, 3.8) is 0 Å². The van der Waals surface area contributed by atoms with Gasteiger partial charge in [0.1, 0.15) is 5.75 Å². The number of aliphatic hydroxyl groups is 1. The molecule has 2 aromatic rings. The minimum absolute atomic E-state index is 0.336. The van der Waals surface area contributed by atoms with Gasteiger partial charge in [0.2, 0.25) is 11.8 Å². The van der Waals surface area contributed by atoms with E-state index in [-0.39, 0.29) is 0 Å². The van der Waals surface area contributed by atoms with Gasteiger partial charge in [0, 0.05) is 25.1 Å². The molecule has 1 aromatic carbocycles. The van der Waals surface area contributed by atoms with Crippen molar-refractivity contribution in [1.29, 1.82) is 0 Å². The molecule has 180 valence electrons. The van der Waals surface area contributed by atoms with Gasteiger partial charge in [-0.25, -0.2) is 0 Å². The summed E-state index contributed by atoms with van der Waals surface area (Å²) in [4.78, 5) is 2.61. The largest absolute Gasteiger partial charge is 0.497 e. The first-order valence-electron chi connectivity index (χ1n) is 12.4. The minimum atomic E-state index is 0.336. The Bertz CT molecular complexity index is 913. The van der Waals surface area contributed by atoms with Gasteiger partial charge in [-0.1, -0.05) is 25.5 Å². The molecule has 4 rings (SSSR count). The fraction of sp³-hybridized carbons (Fsp3) is 0.630. The molecule has 2 aliphatic rings. The molecule has 33 heavy (non-hydrogen) atoms. The number of hydrogen-bond acceptors (Lipinski definition) is 6. The van der Waals surface area contributed by atoms with Gasteiger partial charge >= 0.3 is 0 Å². The van der Waals surface area contributed by atoms with Crippen LogP contribution in [0.4, 0.5) is 0 Å². The van der Waals surface area contributed by atoms with E-state index in [4.69, 9.17) is 9.15 Å². The number of hydrogen-bond donors (Lipinski definition) is 1. The first-order chi connectivity index (χ1) is 16.0. The molecule has 1 aliphatic carbocycles. The van der Waals surface area contributed by atoms with E-state index in [0.717, 1.165) is 56.6 Å². The fourth-order valence-electron chi connectivity index (χ4n) is 5.53. The summed E-state index contributed by atoms with van der Waals surface area (Å²) < 4.78 is 11.3. The normalized spacial score (nSPS) is 24.8. The lowest BCUT2D eigenvalue weighted by Crippen LogP contribution is -2.41. The number of methoxy groups -OCH3 is 1. The molecular weight excluding hydrogens is 414 g/mol. The van der Waals surface area contributed by atoms with E-state index in [1.54, 1.807) is 7.11 Å². The van der Waals surface area contributed by atoms with Gasteiger partial charge in [-0.3, -0.25) is 0 Å². The smallest absolute Gasteiger partial charge is 0.247 e. The Morgan fingerprint density at radius 2 is 1.88 bits per heavy atom. The Kier molecular flexibility index (Phi) is 7.86. The summed E-state index contributed by atoms with van der Waals surface area (Å²) in [7, 11) is 1.66. The predicted octanol–water partition coefficient (Wildman–Crippen LogP) is 4.85. The molecule has 0 saturated carbocycles. The van der Waals surface area contributed by atoms with Crippen LogP contribution < -0.4 is 4.74 Å². The molecule has 1 fully saturated rings. The first kappa shape index (κ1) is 24.0. The molecule has 3 unspecified atom stereocenters. The van der Waals surface area contributed by atoms with Crippen LogP contribution in [0, 0.1) is 29.6 Å². The van der Waals surface area contributed by atoms with Crippen LogP contribution in [0.2, 0.25) is 0 Å². The maximum atomic E-state index is 9.44. The lowest BCUT2D eigenvalue weighted by Gasteiger charge is -2.40. The minimum Gasteiger partial charge on any atom is -0.497 e. The first-order valence-corrected chi connectivity index (χ1v) is 12.4. The third kappa shape index (κ3) is 5.85. The van der Waals surface area contributed by atoms with Gasteiger partial charge in [0.15, 0.2) is 0 Å². The van der Waals surface area contributed by atoms with Crippen molar-refractivity contribution in [3.8, 4) is 17.2 Å². The molecule has 3 atom stereocenters. The summed E-state index contributed by atoms with van der Waals surface area (Å²) in [5.41, 5.74) is 2.36. The molecule has 0 bridgehead atoms. The van der Waals surface area contributed by atoms with Crippen molar-refractivity contribution in [2.24, 2.45) is 29.6 Å². The van der Waals surface area contributed by atoms with Crippen LogP contribution in [0.15, 0.2) is 40.3 Å². The van der Waals surface area contributed by atoms with E-state index in [1.807, 2.05) is 24.3 Å². The Balaban J connectivity index is 1.41. The Morgan fingerprint density at radius 3 is 2.52 bits per heavy atom. The Labute approximate surface area is 198 Å². The highest BCUT2D eigenvalue weighted by atomic mass is 16.5. The maximum absolute atomic E-state index is 9.44. The van der Waals surface area contributed by atoms with Crippen molar-refractivity contribution < 1.29 is 14.3 Å². The summed E-state index contributed by atoms with van der Waals surface area (Å²) in [5, 5.41) is 18.1. The van der Waals surface area contributed by atoms with Crippen LogP contribution in [0.1, 0.15) is 45.9 Å². The standard InChI is InChI=1S/C27H39N3O3/c1-18(2)25-14-22(19(3)13-23(25)16-30-11-9-20(17-31)10-12-30)15-26-28-29-27(33-26)21-5-7-24(32-4)8-6-21/h5-8,13,18,20,22-23,25,31H,9-12,14-17H2,1-4H3. The van der Waals surface area contributed by atoms with Gasteiger partial charge in [-0.15, -0.1) is 10.2 Å². The summed E-state index contributed by atoms with van der Waals surface area (Å²) >= 11 is 0. The third-order valence-corrected chi connectivity index (χ3v) is 7.74. The van der Waals surface area contributed by atoms with E-state index in [2.05, 4.69) is 41.9 Å². The zero-order chi connectivity index (χ0) is 23.4. The number of benzene rings is 1. The summed E-state index contributed by atoms with van der Waals surface area (Å²) in [6.45, 7) is 10.7. The lowest BCUT2D eigenvalue weighted by atomic mass is 9.69. The van der Waals surface area contributed by atoms with Crippen LogP contribution in [0.3, 0.4) is 0 Å². The molecule has 1 saturated heterocycles. The maximum Gasteiger partial charge on any atom is 0.247 e. The number of aromatic nitrogens is 2. The van der Waals surface area contributed by atoms with Crippen LogP contribution in [0.5, 0.6) is 5.75 Å². The summed E-state index contributed by atoms with van der Waals surface area (Å²) in [6.07, 6.45) is 6.72. The molecule has 6 heteroatoms. The fourth-order valence-corrected chi connectivity index (χ4v) is 5.53. The van der Waals surface area contributed by atoms with Crippen LogP contribution in [0.25, 0.3) is 11.5 Å². The molecular formula is C27H39N3O3. The number of ether oxygens (including phenoxy) is 1. The molecule has 6 nitrogen and oxygen atoms in total. The zero-order valence-corrected chi connectivity index (χ0v) is 20.5. The van der Waals surface area contributed by atoms with Gasteiger partial charge in [-0.2, -0.15) is 0 Å². The van der Waals surface area contributed by atoms with Crippen molar-refractivity contribution in [1.82, 2.24) is 15.1 Å². The van der Waals surface area contributed by atoms with E-state index in [9.17, 15) is 5.11 Å². The van der Waals surface area contributed by atoms with Gasteiger partial charge in [0.05, 0.1) is 7.11 Å². The predicted molar refractivity (Wildman–Crippen MR) is 130 cm³/mol. The zero-order valence-electron chi connectivity index (χ0n) is 20.5. The number of rotatable bonds is 8. The van der Waals surface area contributed by atoms with Crippen LogP contribution in [-0.4, -0.2) is 53.6 Å². The number of piperidine rings is 1. The molecule has 2 heterocycles. The summed E-state index contributed by atoms with van der Waals surface area (Å²) in [5.74, 6) is 4.90. The lowest BCUT2D eigenvalue weighted by molar-refractivity contribution is 0.103. The van der Waals surface area contributed by atoms with Crippen LogP contribution in [-0.2, 0) is 6.42 Å². The molecule has 1 N–H and O–H groups in total. The number of aliphatic hydroxyl groups excluding tert-OH is 1. The second kappa shape index (κ2) is 10.8. The molecule has 0 spiro atoms. The Hall–Kier alpha value is -2.18. The topological polar surface area (TPSA) is 71.6 Å². The monoisotopic (exact) mass is 453 g/mol. The summed E-state index contributed by atoms with van der Waals surface area (Å²) in [6, 6.07) is 7.72. The van der Waals surface area contributed by atoms with E-state index >= 15 is 0 Å². The molecule has 1 aromatic heterocycles. The van der Waals surface area contributed by atoms with Crippen molar-refractivity contribution in [2.45, 2.75) is 46.5 Å². The second-order valence-corrected chi connectivity index (χ2v) is 10.3. The highest BCUT2D eigenvalue weighted by molar-refractivity contribution is 5.53. The number of nitrogens with zero attached hydrogens (tertiary/aromatic N) is 3. The van der Waals surface area contributed by atoms with Crippen molar-refractivity contribution in [3.05, 3.63) is 41.8 Å². The van der Waals surface area contributed by atoms with Crippen molar-refractivity contribution >= 4 is 0 Å². The van der Waals surface area contributed by atoms with Gasteiger partial charge < -0.3 is 19.2 Å².